The molecule has 560 valence electrons. The first kappa shape index (κ1) is 80.4. The van der Waals surface area contributed by atoms with E-state index in [9.17, 15) is 70.9 Å². The maximum atomic E-state index is 13.2. The second-order valence-corrected chi connectivity index (χ2v) is 25.6. The molecular formula is C54H108N16O26. The summed E-state index contributed by atoms with van der Waals surface area (Å²) in [5, 5.41) is 142. The van der Waals surface area contributed by atoms with Gasteiger partial charge in [0.05, 0.1) is 36.4 Å². The van der Waals surface area contributed by atoms with Crippen molar-refractivity contribution in [1.82, 2.24) is 27.4 Å². The Morgan fingerprint density at radius 1 is 0.333 bits per heavy atom. The minimum Gasteiger partial charge on any atom is -0.390 e. The first-order valence-electron chi connectivity index (χ1n) is 32.3. The summed E-state index contributed by atoms with van der Waals surface area (Å²) in [6.07, 6.45) is -40.2. The van der Waals surface area contributed by atoms with E-state index in [1.54, 1.807) is 0 Å². The van der Waals surface area contributed by atoms with Gasteiger partial charge in [0, 0.05) is 82.9 Å². The molecule has 2 aliphatic carbocycles. The van der Waals surface area contributed by atoms with Gasteiger partial charge in [-0.05, 0) is 25.7 Å². The molecule has 8 aliphatic rings. The average molecular weight is 1400 g/mol. The van der Waals surface area contributed by atoms with E-state index in [2.05, 4.69) is 21.3 Å². The number of rotatable bonds is 27. The molecule has 0 aromatic carbocycles. The van der Waals surface area contributed by atoms with Crippen LogP contribution < -0.4 is 90.5 Å². The van der Waals surface area contributed by atoms with Crippen LogP contribution in [0.4, 0.5) is 9.59 Å². The van der Waals surface area contributed by atoms with Crippen LogP contribution in [0.1, 0.15) is 44.9 Å². The summed E-state index contributed by atoms with van der Waals surface area (Å²) in [5.41, 5.74) is 67.2. The van der Waals surface area contributed by atoms with Gasteiger partial charge in [0.15, 0.2) is 37.7 Å². The molecule has 96 heavy (non-hydrogen) atoms. The summed E-state index contributed by atoms with van der Waals surface area (Å²) in [6.45, 7) is -1.18. The predicted molar refractivity (Wildman–Crippen MR) is 325 cm³/mol. The maximum absolute atomic E-state index is 13.2. The fraction of sp³-hybridized carbons (Fsp3) is 0.963. The molecule has 2 saturated carbocycles. The van der Waals surface area contributed by atoms with Gasteiger partial charge in [0.1, 0.15) is 128 Å². The fourth-order valence-electron chi connectivity index (χ4n) is 13.0. The van der Waals surface area contributed by atoms with Crippen LogP contribution in [0.3, 0.4) is 0 Å². The number of nitrogens with one attached hydrogen (secondary N) is 4. The van der Waals surface area contributed by atoms with Crippen LogP contribution in [0, 0.1) is 0 Å². The summed E-state index contributed by atoms with van der Waals surface area (Å²) in [5.74, 6) is 0. The first-order chi connectivity index (χ1) is 45.1. The number of aliphatic hydroxyl groups excluding tert-OH is 12. The Morgan fingerprint density at radius 3 is 1.02 bits per heavy atom. The third-order valence-electron chi connectivity index (χ3n) is 18.8. The van der Waals surface area contributed by atoms with E-state index < -0.39 is 239 Å². The highest BCUT2D eigenvalue weighted by Gasteiger charge is 2.57. The van der Waals surface area contributed by atoms with Crippen LogP contribution >= 0.6 is 0 Å². The predicted octanol–water partition coefficient (Wildman–Crippen LogP) is -15.4. The van der Waals surface area contributed by atoms with Crippen molar-refractivity contribution < 1.29 is 128 Å². The Morgan fingerprint density at radius 2 is 0.656 bits per heavy atom. The highest BCUT2D eigenvalue weighted by molar-refractivity contribution is 5.74. The average Bonchev–Trinajstić information content (AvgIpc) is 1.40. The highest BCUT2D eigenvalue weighted by atomic mass is 16.8. The lowest BCUT2D eigenvalue weighted by molar-refractivity contribution is -0.306. The van der Waals surface area contributed by atoms with Crippen molar-refractivity contribution in [3.05, 3.63) is 0 Å². The van der Waals surface area contributed by atoms with E-state index in [0.717, 1.165) is 0 Å². The molecule has 0 aromatic rings. The second kappa shape index (κ2) is 36.3. The van der Waals surface area contributed by atoms with E-state index in [-0.39, 0.29) is 77.8 Å². The Balaban J connectivity index is 0.0000130. The summed E-state index contributed by atoms with van der Waals surface area (Å²) < 4.78 is 72.4. The summed E-state index contributed by atoms with van der Waals surface area (Å²) >= 11 is 0. The van der Waals surface area contributed by atoms with Gasteiger partial charge in [-0.25, -0.2) is 9.59 Å². The molecule has 8 rings (SSSR count). The van der Waals surface area contributed by atoms with Crippen molar-refractivity contribution in [3.8, 4) is 0 Å². The molecule has 20 unspecified atom stereocenters. The van der Waals surface area contributed by atoms with Crippen molar-refractivity contribution in [2.24, 2.45) is 63.1 Å². The molecule has 6 heterocycles. The van der Waals surface area contributed by atoms with E-state index in [4.69, 9.17) is 120 Å². The number of nitrogens with two attached hydrogens (primary N) is 11. The third kappa shape index (κ3) is 18.8. The molecule has 0 bridgehead atoms. The van der Waals surface area contributed by atoms with Crippen LogP contribution in [0.5, 0.6) is 0 Å². The molecule has 0 spiro atoms. The number of urea groups is 2. The number of aliphatic hydroxyl groups is 12. The van der Waals surface area contributed by atoms with E-state index in [0.29, 0.717) is 25.7 Å². The van der Waals surface area contributed by atoms with Crippen molar-refractivity contribution >= 4 is 12.1 Å². The van der Waals surface area contributed by atoms with Gasteiger partial charge in [0.2, 0.25) is 0 Å². The molecule has 0 aromatic heterocycles. The van der Waals surface area contributed by atoms with Crippen molar-refractivity contribution in [1.29, 1.82) is 0 Å². The standard InChI is InChI=1S/C54H105N15O26.H3N/c55-10-21-33(73)20(70)9-27(84-21)90-44-25(88-51(40(44)80)94-46-31(71)16(59)7-18(61)42(46)91-48-28(63)37(77)34(74)22(11-56)85-48)14-68-53(82)66-5-3-1-2-4-6-67-54(83)69-15-26-45(93-50-30(65)39(79)36(76)24(13-58)87-50)41(81)52(89-26)95-47-32(72)17(60)8-19(62)43(47)92-49-29(64)38(78)35(75)23(12-57)86-49;/h16-52,70-81H,1-15,55-65H2,(H2,66,68,82)(H2,67,69,83);1H3/t16-,17+,18?,19?,20?,21+,22?,23?,24-,25-,26-,27-,28?,29?,30?,31?,32+,33?,34?,35?,36?,37-,38-,39?,40?,41?,42?,43?,44+,45?,46-,47?,48-,49+,50+,51+,52+;/m1./s1. The van der Waals surface area contributed by atoms with E-state index in [1.807, 2.05) is 0 Å². The normalized spacial score (nSPS) is 47.6. The molecule has 6 aliphatic heterocycles. The smallest absolute Gasteiger partial charge is 0.314 e. The number of hydrogen-bond donors (Lipinski definition) is 28. The highest BCUT2D eigenvalue weighted by Crippen LogP contribution is 2.37. The van der Waals surface area contributed by atoms with Crippen LogP contribution in [-0.4, -0.2) is 352 Å². The number of ether oxygens (including phenoxy) is 12. The van der Waals surface area contributed by atoms with Crippen LogP contribution in [0.2, 0.25) is 0 Å². The maximum Gasteiger partial charge on any atom is 0.314 e. The molecule has 37 atom stereocenters. The number of carbonyl (C=O) groups is 2. The minimum atomic E-state index is -1.75. The summed E-state index contributed by atoms with van der Waals surface area (Å²) in [4.78, 5) is 26.4. The molecule has 0 radical (unpaired) electrons. The van der Waals surface area contributed by atoms with Crippen LogP contribution in [0.25, 0.3) is 0 Å². The van der Waals surface area contributed by atoms with Gasteiger partial charge in [-0.1, -0.05) is 12.8 Å². The number of hydrogen-bond acceptors (Lipinski definition) is 38. The third-order valence-corrected chi connectivity index (χ3v) is 18.8. The lowest BCUT2D eigenvalue weighted by atomic mass is 9.84. The largest absolute Gasteiger partial charge is 0.390 e. The summed E-state index contributed by atoms with van der Waals surface area (Å²) in [7, 11) is 0. The fourth-order valence-corrected chi connectivity index (χ4v) is 13.0. The Kier molecular flexibility index (Phi) is 30.4. The van der Waals surface area contributed by atoms with Gasteiger partial charge in [-0.3, -0.25) is 0 Å². The van der Waals surface area contributed by atoms with Gasteiger partial charge in [-0.2, -0.15) is 0 Å². The minimum absolute atomic E-state index is 0. The molecule has 4 amide bonds. The second-order valence-electron chi connectivity index (χ2n) is 25.6. The van der Waals surface area contributed by atoms with Gasteiger partial charge < -0.3 is 209 Å². The lowest BCUT2D eigenvalue weighted by Crippen LogP contribution is -2.68. The SMILES string of the molecule is N.NCC1O[C@H](OC2C(N)C[C@@H](N)C(O)[C@H]2O[C@@H]2O[C@H](CNC(=O)NCCCCCCNC(=O)NC[C@H]3O[C@@H](OC4C(O[C@@H]5OC(CN)C(O)[C@H](O)C5N)C(N)C[C@H](N)[C@@H]4O)C(O)C3O[C@@H]3O[C@H](CN)C(O)C(O)C3N)[C@H](O[C@@H]3CC(O)C(O)[C@H](CN)O3)C2O)C(N)[C@@H](O)C1O. The molecule has 42 heteroatoms. The first-order valence-corrected chi connectivity index (χ1v) is 32.3. The molecule has 6 saturated heterocycles. The van der Waals surface area contributed by atoms with E-state index >= 15 is 0 Å². The zero-order valence-electron chi connectivity index (χ0n) is 53.1. The van der Waals surface area contributed by atoms with Gasteiger partial charge in [-0.15, -0.1) is 0 Å². The lowest BCUT2D eigenvalue weighted by Gasteiger charge is -2.47. The Labute approximate surface area is 552 Å². The zero-order valence-corrected chi connectivity index (χ0v) is 53.1. The topological polar surface area (TPSA) is 757 Å². The Bertz CT molecular complexity index is 2360. The zero-order chi connectivity index (χ0) is 69.4. The van der Waals surface area contributed by atoms with Crippen molar-refractivity contribution in [2.45, 2.75) is 271 Å². The van der Waals surface area contributed by atoms with Crippen LogP contribution in [-0.2, 0) is 56.8 Å². The monoisotopic (exact) mass is 1400 g/mol. The molecule has 42 nitrogen and oxygen atoms in total. The Hall–Kier alpha value is -2.90. The molecule has 41 N–H and O–H groups in total. The van der Waals surface area contributed by atoms with E-state index in [1.165, 1.54) is 0 Å². The van der Waals surface area contributed by atoms with Crippen molar-refractivity contribution in [2.75, 3.05) is 52.4 Å². The number of unbranched alkanes of at least 4 members (excludes halogenated alkanes) is 3. The van der Waals surface area contributed by atoms with Crippen molar-refractivity contribution in [3.63, 3.8) is 0 Å². The van der Waals surface area contributed by atoms with Crippen LogP contribution in [0.15, 0.2) is 0 Å². The molecule has 8 fully saturated rings. The summed E-state index contributed by atoms with van der Waals surface area (Å²) in [6, 6.07) is -9.17. The van der Waals surface area contributed by atoms with Gasteiger partial charge >= 0.3 is 12.1 Å². The van der Waals surface area contributed by atoms with Gasteiger partial charge in [0.25, 0.3) is 0 Å². The number of amides is 4. The quantitative estimate of drug-likeness (QED) is 0.0340. The number of carbonyl (C=O) groups excluding carboxylic acids is 2. The molecular weight excluding hydrogens is 1290 g/mol.